The van der Waals surface area contributed by atoms with Gasteiger partial charge in [-0.05, 0) is 43.3 Å². The van der Waals surface area contributed by atoms with Gasteiger partial charge in [0.1, 0.15) is 10.8 Å². The molecule has 0 aliphatic heterocycles. The molecule has 3 rings (SSSR count). The van der Waals surface area contributed by atoms with Gasteiger partial charge in [0.05, 0.1) is 5.69 Å². The molecule has 0 radical (unpaired) electrons. The van der Waals surface area contributed by atoms with Crippen LogP contribution in [0.25, 0.3) is 21.8 Å². The Bertz CT molecular complexity index is 732. The Morgan fingerprint density at radius 3 is 2.20 bits per heavy atom. The maximum Gasteiger partial charge on any atom is 0.124 e. The van der Waals surface area contributed by atoms with Gasteiger partial charge in [0, 0.05) is 20.5 Å². The minimum Gasteiger partial charge on any atom is -0.236 e. The van der Waals surface area contributed by atoms with Crippen LogP contribution in [0.4, 0.5) is 4.39 Å². The third kappa shape index (κ3) is 2.67. The summed E-state index contributed by atoms with van der Waals surface area (Å²) >= 11 is 5.06. The van der Waals surface area contributed by atoms with E-state index in [1.165, 1.54) is 12.1 Å². The van der Waals surface area contributed by atoms with E-state index in [-0.39, 0.29) is 5.82 Å². The van der Waals surface area contributed by atoms with Crippen LogP contribution in [0.1, 0.15) is 4.88 Å². The molecule has 100 valence electrons. The molecule has 0 saturated heterocycles. The second-order valence-corrected chi connectivity index (χ2v) is 6.56. The van der Waals surface area contributed by atoms with Gasteiger partial charge in [0.15, 0.2) is 0 Å². The van der Waals surface area contributed by atoms with Gasteiger partial charge in [-0.3, -0.25) is 0 Å². The minimum atomic E-state index is -0.227. The number of benzene rings is 2. The largest absolute Gasteiger partial charge is 0.236 e. The molecule has 3 aromatic rings. The van der Waals surface area contributed by atoms with E-state index in [0.29, 0.717) is 0 Å². The van der Waals surface area contributed by atoms with Crippen LogP contribution in [-0.4, -0.2) is 4.98 Å². The molecule has 0 spiro atoms. The lowest BCUT2D eigenvalue weighted by atomic mass is 10.1. The van der Waals surface area contributed by atoms with Crippen molar-refractivity contribution in [3.8, 4) is 21.8 Å². The molecule has 0 amide bonds. The lowest BCUT2D eigenvalue weighted by Crippen LogP contribution is -1.81. The number of halogens is 2. The fourth-order valence-electron chi connectivity index (χ4n) is 1.99. The van der Waals surface area contributed by atoms with Crippen LogP contribution in [0.5, 0.6) is 0 Å². The van der Waals surface area contributed by atoms with Crippen molar-refractivity contribution >= 4 is 27.3 Å². The van der Waals surface area contributed by atoms with Crippen LogP contribution in [-0.2, 0) is 0 Å². The zero-order valence-electron chi connectivity index (χ0n) is 10.7. The molecule has 0 saturated carbocycles. The van der Waals surface area contributed by atoms with Crippen LogP contribution in [0.15, 0.2) is 53.0 Å². The molecule has 1 heterocycles. The van der Waals surface area contributed by atoms with Crippen molar-refractivity contribution in [3.05, 3.63) is 63.7 Å². The Morgan fingerprint density at radius 1 is 0.950 bits per heavy atom. The highest BCUT2D eigenvalue weighted by atomic mass is 79.9. The predicted octanol–water partition coefficient (Wildman–Crippen LogP) is 5.69. The molecule has 0 fully saturated rings. The fourth-order valence-corrected chi connectivity index (χ4v) is 3.19. The predicted molar refractivity (Wildman–Crippen MR) is 85.4 cm³/mol. The van der Waals surface area contributed by atoms with E-state index in [0.717, 1.165) is 31.2 Å². The lowest BCUT2D eigenvalue weighted by molar-refractivity contribution is 0.628. The Balaban J connectivity index is 2.02. The highest BCUT2D eigenvalue weighted by molar-refractivity contribution is 9.10. The smallest absolute Gasteiger partial charge is 0.124 e. The molecule has 4 heteroatoms. The summed E-state index contributed by atoms with van der Waals surface area (Å²) in [5.41, 5.74) is 3.03. The van der Waals surface area contributed by atoms with Crippen molar-refractivity contribution in [2.75, 3.05) is 0 Å². The first kappa shape index (κ1) is 13.5. The average Bonchev–Trinajstić information content (AvgIpc) is 2.82. The monoisotopic (exact) mass is 347 g/mol. The van der Waals surface area contributed by atoms with Crippen molar-refractivity contribution in [1.29, 1.82) is 0 Å². The first-order chi connectivity index (χ1) is 9.63. The van der Waals surface area contributed by atoms with Gasteiger partial charge >= 0.3 is 0 Å². The Labute approximate surface area is 129 Å². The number of rotatable bonds is 2. The van der Waals surface area contributed by atoms with Gasteiger partial charge in [-0.2, -0.15) is 0 Å². The van der Waals surface area contributed by atoms with E-state index >= 15 is 0 Å². The van der Waals surface area contributed by atoms with Crippen LogP contribution >= 0.6 is 27.3 Å². The third-order valence-electron chi connectivity index (χ3n) is 3.01. The zero-order chi connectivity index (χ0) is 14.1. The summed E-state index contributed by atoms with van der Waals surface area (Å²) < 4.78 is 14.0. The topological polar surface area (TPSA) is 12.9 Å². The molecule has 0 aliphatic carbocycles. The average molecular weight is 348 g/mol. The number of aromatic nitrogens is 1. The molecule has 1 nitrogen and oxygen atoms in total. The summed E-state index contributed by atoms with van der Waals surface area (Å²) in [5.74, 6) is -0.227. The van der Waals surface area contributed by atoms with Gasteiger partial charge in [-0.25, -0.2) is 9.37 Å². The highest BCUT2D eigenvalue weighted by Gasteiger charge is 2.11. The SMILES string of the molecule is Cc1sc(-c2ccc(F)cc2)nc1-c1ccc(Br)cc1. The van der Waals surface area contributed by atoms with Crippen LogP contribution in [0.3, 0.4) is 0 Å². The number of aryl methyl sites for hydroxylation is 1. The van der Waals surface area contributed by atoms with Crippen molar-refractivity contribution in [3.63, 3.8) is 0 Å². The van der Waals surface area contributed by atoms with Crippen molar-refractivity contribution in [1.82, 2.24) is 4.98 Å². The first-order valence-electron chi connectivity index (χ1n) is 6.13. The van der Waals surface area contributed by atoms with E-state index in [1.807, 2.05) is 24.3 Å². The third-order valence-corrected chi connectivity index (χ3v) is 4.55. The van der Waals surface area contributed by atoms with E-state index in [4.69, 9.17) is 4.98 Å². The van der Waals surface area contributed by atoms with Gasteiger partial charge < -0.3 is 0 Å². The summed E-state index contributed by atoms with van der Waals surface area (Å²) in [6, 6.07) is 14.5. The fraction of sp³-hybridized carbons (Fsp3) is 0.0625. The Morgan fingerprint density at radius 2 is 1.55 bits per heavy atom. The summed E-state index contributed by atoms with van der Waals surface area (Å²) in [4.78, 5) is 5.85. The first-order valence-corrected chi connectivity index (χ1v) is 7.74. The number of thiazole rings is 1. The van der Waals surface area contributed by atoms with Gasteiger partial charge in [-0.15, -0.1) is 11.3 Å². The highest BCUT2D eigenvalue weighted by Crippen LogP contribution is 2.33. The minimum absolute atomic E-state index is 0.227. The maximum absolute atomic E-state index is 13.0. The van der Waals surface area contributed by atoms with Crippen molar-refractivity contribution < 1.29 is 4.39 Å². The van der Waals surface area contributed by atoms with Crippen LogP contribution < -0.4 is 0 Å². The summed E-state index contributed by atoms with van der Waals surface area (Å²) in [6.45, 7) is 2.06. The molecule has 0 aliphatic rings. The van der Waals surface area contributed by atoms with Gasteiger partial charge in [-0.1, -0.05) is 28.1 Å². The lowest BCUT2D eigenvalue weighted by Gasteiger charge is -1.98. The summed E-state index contributed by atoms with van der Waals surface area (Å²) in [5, 5.41) is 0.917. The molecular weight excluding hydrogens is 337 g/mol. The summed E-state index contributed by atoms with van der Waals surface area (Å²) in [7, 11) is 0. The van der Waals surface area contributed by atoms with Gasteiger partial charge in [0.25, 0.3) is 0 Å². The second-order valence-electron chi connectivity index (χ2n) is 4.44. The van der Waals surface area contributed by atoms with Gasteiger partial charge in [0.2, 0.25) is 0 Å². The Kier molecular flexibility index (Phi) is 3.68. The number of hydrogen-bond donors (Lipinski definition) is 0. The number of hydrogen-bond acceptors (Lipinski definition) is 2. The molecule has 20 heavy (non-hydrogen) atoms. The second kappa shape index (κ2) is 5.46. The Hall–Kier alpha value is -1.52. The van der Waals surface area contributed by atoms with E-state index in [1.54, 1.807) is 23.5 Å². The van der Waals surface area contributed by atoms with E-state index in [9.17, 15) is 4.39 Å². The molecule has 0 bridgehead atoms. The van der Waals surface area contributed by atoms with Crippen molar-refractivity contribution in [2.45, 2.75) is 6.92 Å². The molecule has 0 atom stereocenters. The quantitative estimate of drug-likeness (QED) is 0.580. The summed E-state index contributed by atoms with van der Waals surface area (Å²) in [6.07, 6.45) is 0. The standard InChI is InChI=1S/C16H11BrFNS/c1-10-15(11-2-6-13(17)7-3-11)19-16(20-10)12-4-8-14(18)9-5-12/h2-9H,1H3. The molecular formula is C16H11BrFNS. The van der Waals surface area contributed by atoms with E-state index < -0.39 is 0 Å². The number of nitrogens with zero attached hydrogens (tertiary/aromatic N) is 1. The molecule has 0 unspecified atom stereocenters. The van der Waals surface area contributed by atoms with Crippen molar-refractivity contribution in [2.24, 2.45) is 0 Å². The van der Waals surface area contributed by atoms with Crippen LogP contribution in [0, 0.1) is 12.7 Å². The molecule has 2 aromatic carbocycles. The van der Waals surface area contributed by atoms with Crippen LogP contribution in [0.2, 0.25) is 0 Å². The normalized spacial score (nSPS) is 10.8. The van der Waals surface area contributed by atoms with E-state index in [2.05, 4.69) is 22.9 Å². The molecule has 0 N–H and O–H groups in total. The zero-order valence-corrected chi connectivity index (χ0v) is 13.1. The maximum atomic E-state index is 13.0. The molecule has 1 aromatic heterocycles.